The van der Waals surface area contributed by atoms with Gasteiger partial charge < -0.3 is 29.1 Å². The van der Waals surface area contributed by atoms with E-state index in [1.165, 1.54) is 6.08 Å². The number of hydrogen-bond donors (Lipinski definition) is 1. The van der Waals surface area contributed by atoms with Crippen LogP contribution in [0.2, 0.25) is 0 Å². The number of nitrogens with zero attached hydrogens (tertiary/aromatic N) is 3. The third-order valence-corrected chi connectivity index (χ3v) is 8.74. The van der Waals surface area contributed by atoms with Crippen LogP contribution in [0.1, 0.15) is 19.3 Å². The number of carbonyl (C=O) groups excluding carboxylic acids is 3. The fraction of sp³-hybridized carbons (Fsp3) is 0.731. The summed E-state index contributed by atoms with van der Waals surface area (Å²) in [6.07, 6.45) is 4.11. The molecule has 4 aliphatic heterocycles. The van der Waals surface area contributed by atoms with Crippen molar-refractivity contribution in [3.05, 3.63) is 25.3 Å². The van der Waals surface area contributed by atoms with Crippen LogP contribution in [0.4, 0.5) is 0 Å². The Balaban J connectivity index is 1.63. The molecule has 2 amide bonds. The van der Waals surface area contributed by atoms with Crippen LogP contribution in [0, 0.1) is 11.8 Å². The number of halogens is 1. The Kier molecular flexibility index (Phi) is 9.44. The minimum Gasteiger partial charge on any atom is -0.461 e. The quantitative estimate of drug-likeness (QED) is 0.145. The first-order chi connectivity index (χ1) is 17.9. The summed E-state index contributed by atoms with van der Waals surface area (Å²) in [4.78, 5) is 46.6. The van der Waals surface area contributed by atoms with Gasteiger partial charge in [-0.2, -0.15) is 0 Å². The molecule has 4 fully saturated rings. The lowest BCUT2D eigenvalue weighted by Crippen LogP contribution is -2.57. The van der Waals surface area contributed by atoms with Crippen LogP contribution >= 0.6 is 15.9 Å². The van der Waals surface area contributed by atoms with Crippen LogP contribution in [0.3, 0.4) is 0 Å². The monoisotopic (exact) mass is 583 g/mol. The maximum Gasteiger partial charge on any atom is 0.312 e. The van der Waals surface area contributed by atoms with E-state index in [-0.39, 0.29) is 29.9 Å². The van der Waals surface area contributed by atoms with Crippen LogP contribution in [-0.2, 0) is 28.6 Å². The fourth-order valence-corrected chi connectivity index (χ4v) is 7.20. The topological polar surface area (TPSA) is 109 Å². The zero-order valence-electron chi connectivity index (χ0n) is 21.3. The number of hydrogen-bond acceptors (Lipinski definition) is 8. The number of aliphatic hydroxyl groups is 1. The predicted octanol–water partition coefficient (Wildman–Crippen LogP) is 0.583. The maximum absolute atomic E-state index is 14.2. The molecule has 0 aromatic heterocycles. The molecule has 11 heteroatoms. The number of esters is 1. The molecular weight excluding hydrogens is 546 g/mol. The van der Waals surface area contributed by atoms with E-state index >= 15 is 0 Å². The second-order valence-electron chi connectivity index (χ2n) is 10.1. The zero-order chi connectivity index (χ0) is 26.6. The summed E-state index contributed by atoms with van der Waals surface area (Å²) in [5.41, 5.74) is -1.12. The number of carbonyl (C=O) groups is 3. The lowest BCUT2D eigenvalue weighted by atomic mass is 9.70. The standard InChI is InChI=1S/C26H38BrN3O7/c1-3-7-29(10-9-28-11-15-35-16-12-28)24(33)22-26-17-18(27)21(37-26)19(25(34)36-14-4-2)20(26)23(32)30(22)8-5-6-13-31/h3-4,18-22,31H,1-2,5-17H2/t18?,19-,20+,21-,22?,26?/m1/s1. The second kappa shape index (κ2) is 12.4. The molecule has 206 valence electrons. The molecule has 4 aliphatic rings. The van der Waals surface area contributed by atoms with E-state index in [0.717, 1.165) is 13.1 Å². The van der Waals surface area contributed by atoms with Crippen molar-refractivity contribution in [2.45, 2.75) is 41.8 Å². The van der Waals surface area contributed by atoms with Gasteiger partial charge in [0.05, 0.1) is 31.2 Å². The Morgan fingerprint density at radius 3 is 2.65 bits per heavy atom. The first-order valence-electron chi connectivity index (χ1n) is 13.1. The number of ether oxygens (including phenoxy) is 3. The predicted molar refractivity (Wildman–Crippen MR) is 139 cm³/mol. The molecule has 6 atom stereocenters. The highest BCUT2D eigenvalue weighted by molar-refractivity contribution is 9.09. The molecule has 0 saturated carbocycles. The van der Waals surface area contributed by atoms with Gasteiger partial charge in [0.15, 0.2) is 0 Å². The van der Waals surface area contributed by atoms with E-state index in [1.807, 2.05) is 0 Å². The molecular formula is C26H38BrN3O7. The van der Waals surface area contributed by atoms with Gasteiger partial charge in [0.25, 0.3) is 0 Å². The van der Waals surface area contributed by atoms with Gasteiger partial charge in [-0.15, -0.1) is 6.58 Å². The minimum atomic E-state index is -1.12. The minimum absolute atomic E-state index is 0.00406. The van der Waals surface area contributed by atoms with E-state index in [0.29, 0.717) is 58.7 Å². The van der Waals surface area contributed by atoms with Crippen molar-refractivity contribution in [3.63, 3.8) is 0 Å². The van der Waals surface area contributed by atoms with Crippen molar-refractivity contribution in [1.82, 2.24) is 14.7 Å². The molecule has 0 aromatic rings. The normalized spacial score (nSPS) is 32.9. The third kappa shape index (κ3) is 5.38. The Bertz CT molecular complexity index is 882. The Morgan fingerprint density at radius 1 is 1.22 bits per heavy atom. The summed E-state index contributed by atoms with van der Waals surface area (Å²) >= 11 is 3.66. The molecule has 4 saturated heterocycles. The molecule has 0 aromatic carbocycles. The molecule has 0 radical (unpaired) electrons. The number of morpholine rings is 1. The van der Waals surface area contributed by atoms with Gasteiger partial charge in [0, 0.05) is 50.7 Å². The van der Waals surface area contributed by atoms with Crippen molar-refractivity contribution >= 4 is 33.7 Å². The van der Waals surface area contributed by atoms with Gasteiger partial charge in [0.1, 0.15) is 18.2 Å². The molecule has 2 bridgehead atoms. The molecule has 1 N–H and O–H groups in total. The van der Waals surface area contributed by atoms with E-state index in [1.54, 1.807) is 15.9 Å². The number of rotatable bonds is 13. The molecule has 1 spiro atoms. The second-order valence-corrected chi connectivity index (χ2v) is 11.2. The number of amides is 2. The van der Waals surface area contributed by atoms with Gasteiger partial charge in [-0.3, -0.25) is 19.3 Å². The smallest absolute Gasteiger partial charge is 0.312 e. The van der Waals surface area contributed by atoms with Gasteiger partial charge in [0.2, 0.25) is 11.8 Å². The average Bonchev–Trinajstić information content (AvgIpc) is 3.49. The van der Waals surface area contributed by atoms with E-state index in [9.17, 15) is 19.5 Å². The lowest BCUT2D eigenvalue weighted by molar-refractivity contribution is -0.154. The SMILES string of the molecule is C=CCOC(=O)[C@H]1[C@@H]2OC3(CC2Br)C(C(=O)N(CC=C)CCN2CCOCC2)N(CCCCO)C(=O)[C@H]13. The highest BCUT2D eigenvalue weighted by Gasteiger charge is 2.77. The Hall–Kier alpha value is -1.79. The van der Waals surface area contributed by atoms with Crippen LogP contribution < -0.4 is 0 Å². The summed E-state index contributed by atoms with van der Waals surface area (Å²) in [6.45, 7) is 12.2. The van der Waals surface area contributed by atoms with Gasteiger partial charge in [-0.25, -0.2) is 0 Å². The zero-order valence-corrected chi connectivity index (χ0v) is 22.9. The van der Waals surface area contributed by atoms with E-state index < -0.39 is 35.6 Å². The van der Waals surface area contributed by atoms with Crippen LogP contribution in [0.5, 0.6) is 0 Å². The number of alkyl halides is 1. The maximum atomic E-state index is 14.2. The molecule has 3 unspecified atom stereocenters. The summed E-state index contributed by atoms with van der Waals surface area (Å²) in [5.74, 6) is -2.56. The number of aliphatic hydroxyl groups excluding tert-OH is 1. The molecule has 37 heavy (non-hydrogen) atoms. The average molecular weight is 585 g/mol. The van der Waals surface area contributed by atoms with Crippen molar-refractivity contribution < 1.29 is 33.7 Å². The van der Waals surface area contributed by atoms with Crippen molar-refractivity contribution in [2.75, 3.05) is 65.7 Å². The van der Waals surface area contributed by atoms with Gasteiger partial charge in [-0.05, 0) is 19.3 Å². The highest BCUT2D eigenvalue weighted by Crippen LogP contribution is 2.60. The summed E-state index contributed by atoms with van der Waals surface area (Å²) in [5, 5.41) is 9.33. The fourth-order valence-electron chi connectivity index (χ4n) is 6.26. The van der Waals surface area contributed by atoms with Crippen LogP contribution in [-0.4, -0.2) is 126 Å². The highest BCUT2D eigenvalue weighted by atomic mass is 79.9. The molecule has 4 rings (SSSR count). The summed E-state index contributed by atoms with van der Waals surface area (Å²) in [6, 6.07) is -0.865. The van der Waals surface area contributed by atoms with Gasteiger partial charge >= 0.3 is 5.97 Å². The van der Waals surface area contributed by atoms with Crippen LogP contribution in [0.25, 0.3) is 0 Å². The van der Waals surface area contributed by atoms with E-state index in [4.69, 9.17) is 14.2 Å². The number of likely N-dealkylation sites (tertiary alicyclic amines) is 1. The van der Waals surface area contributed by atoms with Crippen molar-refractivity contribution in [3.8, 4) is 0 Å². The first kappa shape index (κ1) is 28.2. The largest absolute Gasteiger partial charge is 0.461 e. The van der Waals surface area contributed by atoms with Crippen LogP contribution in [0.15, 0.2) is 25.3 Å². The van der Waals surface area contributed by atoms with E-state index in [2.05, 4.69) is 34.0 Å². The Labute approximate surface area is 226 Å². The lowest BCUT2D eigenvalue weighted by Gasteiger charge is -2.38. The van der Waals surface area contributed by atoms with Gasteiger partial charge in [-0.1, -0.05) is 34.7 Å². The summed E-state index contributed by atoms with van der Waals surface area (Å²) in [7, 11) is 0. The number of fused-ring (bicyclic) bond motifs is 1. The number of unbranched alkanes of at least 4 members (excludes halogenated alkanes) is 1. The molecule has 0 aliphatic carbocycles. The first-order valence-corrected chi connectivity index (χ1v) is 14.0. The third-order valence-electron chi connectivity index (χ3n) is 7.90. The van der Waals surface area contributed by atoms with Crippen molar-refractivity contribution in [1.29, 1.82) is 0 Å². The molecule has 10 nitrogen and oxygen atoms in total. The Morgan fingerprint density at radius 2 is 1.97 bits per heavy atom. The van der Waals surface area contributed by atoms with Crippen molar-refractivity contribution in [2.24, 2.45) is 11.8 Å². The summed E-state index contributed by atoms with van der Waals surface area (Å²) < 4.78 is 17.3. The molecule has 4 heterocycles.